The van der Waals surface area contributed by atoms with Crippen molar-refractivity contribution in [3.8, 4) is 0 Å². The van der Waals surface area contributed by atoms with Gasteiger partial charge >= 0.3 is 19.8 Å². The van der Waals surface area contributed by atoms with Crippen LogP contribution in [0.2, 0.25) is 0 Å². The fourth-order valence-electron chi connectivity index (χ4n) is 5.24. The number of hydrogen-bond acceptors (Lipinski definition) is 9. The van der Waals surface area contributed by atoms with Crippen LogP contribution in [0.25, 0.3) is 0 Å². The molecule has 0 fully saturated rings. The molecule has 2 atom stereocenters. The van der Waals surface area contributed by atoms with Gasteiger partial charge in [-0.3, -0.25) is 18.6 Å². The Hall–Kier alpha value is -1.35. The lowest BCUT2D eigenvalue weighted by molar-refractivity contribution is -0.161. The van der Waals surface area contributed by atoms with E-state index in [1.54, 1.807) is 6.92 Å². The van der Waals surface area contributed by atoms with Crippen molar-refractivity contribution in [3.05, 3.63) is 0 Å². The Morgan fingerprint density at radius 1 is 0.630 bits per heavy atom. The molecule has 270 valence electrons. The molecule has 1 aliphatic rings. The van der Waals surface area contributed by atoms with Gasteiger partial charge in [0, 0.05) is 19.3 Å². The molecule has 0 aliphatic carbocycles. The maximum atomic E-state index is 12.6. The Morgan fingerprint density at radius 2 is 1.04 bits per heavy atom. The zero-order valence-corrected chi connectivity index (χ0v) is 30.4. The molecule has 0 aromatic rings. The number of phosphoric acid groups is 1. The number of ether oxygens (including phenoxy) is 2. The van der Waals surface area contributed by atoms with Gasteiger partial charge in [0.15, 0.2) is 11.8 Å². The minimum absolute atomic E-state index is 0.0610. The maximum absolute atomic E-state index is 12.6. The summed E-state index contributed by atoms with van der Waals surface area (Å²) in [5, 5.41) is 7.69. The summed E-state index contributed by atoms with van der Waals surface area (Å²) in [5.74, 6) is -0.819. The minimum atomic E-state index is -4.40. The minimum Gasteiger partial charge on any atom is -0.462 e. The van der Waals surface area contributed by atoms with E-state index in [-0.39, 0.29) is 32.0 Å². The van der Waals surface area contributed by atoms with Gasteiger partial charge in [-0.1, -0.05) is 142 Å². The number of hydrogen-bond donors (Lipinski definition) is 1. The molecule has 11 heteroatoms. The molecule has 1 N–H and O–H groups in total. The van der Waals surface area contributed by atoms with Gasteiger partial charge in [0.25, 0.3) is 0 Å². The molecule has 0 aromatic carbocycles. The van der Waals surface area contributed by atoms with Crippen LogP contribution in [0.1, 0.15) is 181 Å². The van der Waals surface area contributed by atoms with Gasteiger partial charge in [0.05, 0.1) is 13.2 Å². The number of carbonyl (C=O) groups excluding carboxylic acids is 2. The van der Waals surface area contributed by atoms with E-state index in [1.165, 1.54) is 103 Å². The van der Waals surface area contributed by atoms with Crippen LogP contribution in [0.15, 0.2) is 10.2 Å². The summed E-state index contributed by atoms with van der Waals surface area (Å²) in [6.07, 6.45) is 25.9. The highest BCUT2D eigenvalue weighted by atomic mass is 31.2. The van der Waals surface area contributed by atoms with E-state index in [2.05, 4.69) is 24.1 Å². The van der Waals surface area contributed by atoms with Gasteiger partial charge in [-0.25, -0.2) is 4.57 Å². The van der Waals surface area contributed by atoms with Crippen LogP contribution in [0.3, 0.4) is 0 Å². The summed E-state index contributed by atoms with van der Waals surface area (Å²) in [6, 6.07) is 0. The predicted octanol–water partition coefficient (Wildman–Crippen LogP) is 10.5. The molecule has 0 amide bonds. The van der Waals surface area contributed by atoms with Crippen molar-refractivity contribution in [2.75, 3.05) is 19.8 Å². The quantitative estimate of drug-likeness (QED) is 0.0405. The van der Waals surface area contributed by atoms with Crippen LogP contribution in [0.5, 0.6) is 0 Å². The highest BCUT2D eigenvalue weighted by Crippen LogP contribution is 2.44. The number of phosphoric ester groups is 1. The highest BCUT2D eigenvalue weighted by Gasteiger charge is 2.35. The van der Waals surface area contributed by atoms with E-state index in [0.29, 0.717) is 12.8 Å². The Bertz CT molecular complexity index is 850. The smallest absolute Gasteiger partial charge is 0.462 e. The van der Waals surface area contributed by atoms with Crippen molar-refractivity contribution >= 4 is 19.8 Å². The number of nitrogens with zero attached hydrogens (tertiary/aromatic N) is 2. The fourth-order valence-corrected chi connectivity index (χ4v) is 5.99. The summed E-state index contributed by atoms with van der Waals surface area (Å²) in [4.78, 5) is 35.0. The van der Waals surface area contributed by atoms with Crippen LogP contribution >= 0.6 is 7.82 Å². The monoisotopic (exact) mass is 674 g/mol. The van der Waals surface area contributed by atoms with Crippen molar-refractivity contribution < 1.29 is 37.6 Å². The molecular weight excluding hydrogens is 607 g/mol. The SMILES string of the molecule is CCCCCCCCCCCCCC(=O)OC[C@H](COP(=O)(O)OCCC1(C)N=N1)OC(=O)CCCCCCCCCCCCC. The molecular formula is C35H67N2O8P. The lowest BCUT2D eigenvalue weighted by Gasteiger charge is -2.20. The molecule has 10 nitrogen and oxygen atoms in total. The van der Waals surface area contributed by atoms with Gasteiger partial charge in [0.1, 0.15) is 6.61 Å². The molecule has 0 spiro atoms. The fraction of sp³-hybridized carbons (Fsp3) is 0.943. The zero-order chi connectivity index (χ0) is 33.8. The first-order chi connectivity index (χ1) is 22.2. The van der Waals surface area contributed by atoms with Crippen molar-refractivity contribution in [1.29, 1.82) is 0 Å². The summed E-state index contributed by atoms with van der Waals surface area (Å²) < 4.78 is 33.4. The largest absolute Gasteiger partial charge is 0.472 e. The second kappa shape index (κ2) is 27.6. The Kier molecular flexibility index (Phi) is 25.6. The van der Waals surface area contributed by atoms with Crippen LogP contribution in [0.4, 0.5) is 0 Å². The van der Waals surface area contributed by atoms with Gasteiger partial charge < -0.3 is 14.4 Å². The van der Waals surface area contributed by atoms with E-state index in [1.807, 2.05) is 0 Å². The first-order valence-electron chi connectivity index (χ1n) is 18.6. The summed E-state index contributed by atoms with van der Waals surface area (Å²) >= 11 is 0. The number of esters is 2. The Balaban J connectivity index is 2.31. The normalized spacial score (nSPS) is 15.4. The highest BCUT2D eigenvalue weighted by molar-refractivity contribution is 7.47. The molecule has 46 heavy (non-hydrogen) atoms. The van der Waals surface area contributed by atoms with Crippen LogP contribution in [-0.4, -0.2) is 48.4 Å². The van der Waals surface area contributed by atoms with Gasteiger partial charge in [-0.05, 0) is 19.8 Å². The molecule has 0 saturated heterocycles. The molecule has 0 bridgehead atoms. The molecule has 0 radical (unpaired) electrons. The number of unbranched alkanes of at least 4 members (excludes halogenated alkanes) is 20. The van der Waals surface area contributed by atoms with Gasteiger partial charge in [-0.2, -0.15) is 10.2 Å². The van der Waals surface area contributed by atoms with E-state index in [4.69, 9.17) is 18.5 Å². The zero-order valence-electron chi connectivity index (χ0n) is 29.5. The topological polar surface area (TPSA) is 133 Å². The molecule has 1 heterocycles. The maximum Gasteiger partial charge on any atom is 0.472 e. The van der Waals surface area contributed by atoms with E-state index in [0.717, 1.165) is 32.1 Å². The Labute approximate surface area is 280 Å². The van der Waals surface area contributed by atoms with Crippen molar-refractivity contribution in [3.63, 3.8) is 0 Å². The second-order valence-corrected chi connectivity index (χ2v) is 14.6. The molecule has 0 aromatic heterocycles. The van der Waals surface area contributed by atoms with Crippen LogP contribution < -0.4 is 0 Å². The van der Waals surface area contributed by atoms with Crippen molar-refractivity contribution in [1.82, 2.24) is 0 Å². The van der Waals surface area contributed by atoms with E-state index >= 15 is 0 Å². The lowest BCUT2D eigenvalue weighted by Crippen LogP contribution is -2.29. The molecule has 0 saturated carbocycles. The third-order valence-electron chi connectivity index (χ3n) is 8.39. The first-order valence-corrected chi connectivity index (χ1v) is 20.1. The second-order valence-electron chi connectivity index (χ2n) is 13.1. The third kappa shape index (κ3) is 26.7. The average molecular weight is 675 g/mol. The average Bonchev–Trinajstić information content (AvgIpc) is 3.76. The molecule has 1 aliphatic heterocycles. The predicted molar refractivity (Wildman–Crippen MR) is 183 cm³/mol. The molecule has 1 rings (SSSR count). The van der Waals surface area contributed by atoms with Gasteiger partial charge in [-0.15, -0.1) is 0 Å². The van der Waals surface area contributed by atoms with Gasteiger partial charge in [0.2, 0.25) is 0 Å². The van der Waals surface area contributed by atoms with Crippen molar-refractivity contribution in [2.24, 2.45) is 10.2 Å². The van der Waals surface area contributed by atoms with Crippen molar-refractivity contribution in [2.45, 2.75) is 193 Å². The Morgan fingerprint density at radius 3 is 1.48 bits per heavy atom. The van der Waals surface area contributed by atoms with Crippen LogP contribution in [-0.2, 0) is 32.7 Å². The molecule has 1 unspecified atom stereocenters. The summed E-state index contributed by atoms with van der Waals surface area (Å²) in [5.41, 5.74) is -0.561. The lowest BCUT2D eigenvalue weighted by atomic mass is 10.1. The van der Waals surface area contributed by atoms with E-state index in [9.17, 15) is 19.0 Å². The first kappa shape index (κ1) is 42.7. The van der Waals surface area contributed by atoms with E-state index < -0.39 is 32.2 Å². The number of rotatable bonds is 34. The third-order valence-corrected chi connectivity index (χ3v) is 9.38. The standard InChI is InChI=1S/C35H67N2O8P/c1-4-6-8-10-12-14-16-18-20-22-24-26-33(38)42-30-32(31-44-46(40,41)43-29-28-35(3)36-37-35)45-34(39)27-25-23-21-19-17-15-13-11-9-7-5-2/h32H,4-31H2,1-3H3,(H,40,41)/t32-/m1/s1. The number of carbonyl (C=O) groups is 2. The van der Waals surface area contributed by atoms with Crippen LogP contribution in [0, 0.1) is 0 Å². The summed E-state index contributed by atoms with van der Waals surface area (Å²) in [6.45, 7) is 5.53. The summed E-state index contributed by atoms with van der Waals surface area (Å²) in [7, 11) is -4.40.